The monoisotopic (exact) mass is 455 g/mol. The van der Waals surface area contributed by atoms with E-state index in [1.807, 2.05) is 24.5 Å². The maximum Gasteiger partial charge on any atom is 0.282 e. The van der Waals surface area contributed by atoms with Gasteiger partial charge in [0.05, 0.1) is 18.6 Å². The fourth-order valence-electron chi connectivity index (χ4n) is 4.23. The highest BCUT2D eigenvalue weighted by Gasteiger charge is 2.32. The number of rotatable bonds is 6. The first-order chi connectivity index (χ1) is 15.9. The molecule has 1 aromatic carbocycles. The first-order valence-corrected chi connectivity index (χ1v) is 11.5. The lowest BCUT2D eigenvalue weighted by atomic mass is 10.0. The number of hydrogen-bond acceptors (Lipinski definition) is 5. The molecular formula is C24H30FN5O3. The molecule has 0 unspecified atom stereocenters. The summed E-state index contributed by atoms with van der Waals surface area (Å²) in [6.07, 6.45) is 2.44. The van der Waals surface area contributed by atoms with E-state index in [-0.39, 0.29) is 23.8 Å². The van der Waals surface area contributed by atoms with Crippen molar-refractivity contribution in [3.05, 3.63) is 53.4 Å². The fourth-order valence-corrected chi connectivity index (χ4v) is 4.23. The van der Waals surface area contributed by atoms with Crippen molar-refractivity contribution in [3.63, 3.8) is 0 Å². The zero-order valence-electron chi connectivity index (χ0n) is 19.0. The van der Waals surface area contributed by atoms with E-state index in [0.29, 0.717) is 57.1 Å². The Morgan fingerprint density at radius 1 is 1.18 bits per heavy atom. The lowest BCUT2D eigenvalue weighted by molar-refractivity contribution is -0.128. The van der Waals surface area contributed by atoms with Crippen LogP contribution in [0, 0.1) is 11.8 Å². The van der Waals surface area contributed by atoms with Crippen LogP contribution in [0.3, 0.4) is 0 Å². The van der Waals surface area contributed by atoms with Gasteiger partial charge in [-0.25, -0.2) is 4.39 Å². The molecule has 2 aromatic rings. The third kappa shape index (κ3) is 5.30. The van der Waals surface area contributed by atoms with Crippen LogP contribution in [0.1, 0.15) is 43.5 Å². The van der Waals surface area contributed by atoms with E-state index in [1.54, 1.807) is 24.3 Å². The van der Waals surface area contributed by atoms with E-state index >= 15 is 0 Å². The van der Waals surface area contributed by atoms with E-state index in [9.17, 15) is 14.0 Å². The number of nitrogens with zero attached hydrogens (tertiary/aromatic N) is 4. The van der Waals surface area contributed by atoms with E-state index in [1.165, 1.54) is 11.0 Å². The molecule has 9 heteroatoms. The van der Waals surface area contributed by atoms with Crippen molar-refractivity contribution in [3.8, 4) is 0 Å². The Bertz CT molecular complexity index is 1010. The van der Waals surface area contributed by atoms with Gasteiger partial charge in [0.1, 0.15) is 5.82 Å². The van der Waals surface area contributed by atoms with Crippen LogP contribution in [0.15, 0.2) is 36.2 Å². The van der Waals surface area contributed by atoms with Crippen molar-refractivity contribution >= 4 is 17.9 Å². The quantitative estimate of drug-likeness (QED) is 0.676. The predicted octanol–water partition coefficient (Wildman–Crippen LogP) is 2.52. The summed E-state index contributed by atoms with van der Waals surface area (Å²) in [7, 11) is 0. The van der Waals surface area contributed by atoms with Crippen LogP contribution < -0.4 is 5.32 Å². The maximum atomic E-state index is 14.6. The van der Waals surface area contributed by atoms with Gasteiger partial charge in [-0.1, -0.05) is 44.2 Å². The molecule has 0 saturated carbocycles. The average molecular weight is 456 g/mol. The molecule has 8 nitrogen and oxygen atoms in total. The molecule has 0 bridgehead atoms. The van der Waals surface area contributed by atoms with E-state index < -0.39 is 11.7 Å². The molecule has 1 fully saturated rings. The van der Waals surface area contributed by atoms with Crippen molar-refractivity contribution < 1.29 is 18.7 Å². The predicted molar refractivity (Wildman–Crippen MR) is 120 cm³/mol. The number of nitrogens with one attached hydrogen (secondary N) is 1. The summed E-state index contributed by atoms with van der Waals surface area (Å²) >= 11 is 0. The van der Waals surface area contributed by atoms with Gasteiger partial charge in [0, 0.05) is 32.7 Å². The van der Waals surface area contributed by atoms with Gasteiger partial charge in [-0.3, -0.25) is 9.59 Å². The van der Waals surface area contributed by atoms with E-state index in [0.717, 1.165) is 5.82 Å². The summed E-state index contributed by atoms with van der Waals surface area (Å²) in [4.78, 5) is 26.9. The first-order valence-electron chi connectivity index (χ1n) is 11.5. The molecule has 0 aliphatic carbocycles. The van der Waals surface area contributed by atoms with Crippen molar-refractivity contribution in [2.45, 2.75) is 39.3 Å². The minimum Gasteiger partial charge on any atom is -0.381 e. The highest BCUT2D eigenvalue weighted by atomic mass is 19.1. The number of fused-ring (bicyclic) bond motifs is 1. The maximum absolute atomic E-state index is 14.6. The SMILES string of the molecule is CC(C)[C@@H](NC(=O)[C@@H]1CCOC1)c1nnc2n1CCN(C(=O)/C(F)=C/c1ccccc1)CC2. The molecule has 176 valence electrons. The van der Waals surface area contributed by atoms with Crippen LogP contribution in [0.4, 0.5) is 4.39 Å². The molecule has 1 aromatic heterocycles. The number of hydrogen-bond donors (Lipinski definition) is 1. The van der Waals surface area contributed by atoms with Gasteiger partial charge in [0.2, 0.25) is 5.91 Å². The Morgan fingerprint density at radius 2 is 1.97 bits per heavy atom. The van der Waals surface area contributed by atoms with Crippen molar-refractivity contribution in [2.24, 2.45) is 11.8 Å². The number of amides is 2. The van der Waals surface area contributed by atoms with Crippen LogP contribution in [-0.2, 0) is 27.3 Å². The van der Waals surface area contributed by atoms with Crippen molar-refractivity contribution in [1.82, 2.24) is 25.0 Å². The summed E-state index contributed by atoms with van der Waals surface area (Å²) in [5.74, 6) is -0.109. The Hall–Kier alpha value is -3.07. The largest absolute Gasteiger partial charge is 0.381 e. The Morgan fingerprint density at radius 3 is 2.67 bits per heavy atom. The third-order valence-corrected chi connectivity index (χ3v) is 6.18. The molecular weight excluding hydrogens is 425 g/mol. The molecule has 3 heterocycles. The standard InChI is InChI=1S/C24H30FN5O3/c1-16(2)21(26-23(31)18-9-13-33-15-18)22-28-27-20-8-10-29(11-12-30(20)22)24(32)19(25)14-17-6-4-3-5-7-17/h3-7,14,16,18,21H,8-13,15H2,1-2H3,(H,26,31)/b19-14-/t18-,21-/m1/s1. The molecule has 1 saturated heterocycles. The zero-order chi connectivity index (χ0) is 23.4. The summed E-state index contributed by atoms with van der Waals surface area (Å²) in [6, 6.07) is 8.63. The lowest BCUT2D eigenvalue weighted by Crippen LogP contribution is -2.38. The lowest BCUT2D eigenvalue weighted by Gasteiger charge is -2.24. The van der Waals surface area contributed by atoms with Crippen molar-refractivity contribution in [1.29, 1.82) is 0 Å². The minimum absolute atomic E-state index is 0.0397. The third-order valence-electron chi connectivity index (χ3n) is 6.18. The van der Waals surface area contributed by atoms with Crippen LogP contribution in [0.5, 0.6) is 0 Å². The van der Waals surface area contributed by atoms with Gasteiger partial charge in [0.25, 0.3) is 5.91 Å². The average Bonchev–Trinajstić information content (AvgIpc) is 3.44. The summed E-state index contributed by atoms with van der Waals surface area (Å²) < 4.78 is 21.9. The molecule has 0 spiro atoms. The van der Waals surface area contributed by atoms with Crippen LogP contribution >= 0.6 is 0 Å². The minimum atomic E-state index is -0.787. The second-order valence-corrected chi connectivity index (χ2v) is 8.86. The second kappa shape index (κ2) is 10.2. The van der Waals surface area contributed by atoms with Gasteiger partial charge >= 0.3 is 0 Å². The molecule has 2 aliphatic rings. The molecule has 2 amide bonds. The van der Waals surface area contributed by atoms with E-state index in [4.69, 9.17) is 4.74 Å². The number of carbonyl (C=O) groups is 2. The molecule has 2 aliphatic heterocycles. The van der Waals surface area contributed by atoms with Crippen LogP contribution in [0.25, 0.3) is 6.08 Å². The van der Waals surface area contributed by atoms with Gasteiger partial charge < -0.3 is 19.5 Å². The second-order valence-electron chi connectivity index (χ2n) is 8.86. The molecule has 0 radical (unpaired) electrons. The van der Waals surface area contributed by atoms with Crippen molar-refractivity contribution in [2.75, 3.05) is 26.3 Å². The molecule has 1 N–H and O–H groups in total. The fraction of sp³-hybridized carbons (Fsp3) is 0.500. The number of ether oxygens (including phenoxy) is 1. The van der Waals surface area contributed by atoms with Gasteiger partial charge in [-0.15, -0.1) is 10.2 Å². The number of carbonyl (C=O) groups excluding carboxylic acids is 2. The van der Waals surface area contributed by atoms with E-state index in [2.05, 4.69) is 15.5 Å². The van der Waals surface area contributed by atoms with Crippen LogP contribution in [0.2, 0.25) is 0 Å². The highest BCUT2D eigenvalue weighted by molar-refractivity contribution is 5.95. The summed E-state index contributed by atoms with van der Waals surface area (Å²) in [6.45, 7) is 6.21. The smallest absolute Gasteiger partial charge is 0.282 e. The number of benzene rings is 1. The summed E-state index contributed by atoms with van der Waals surface area (Å²) in [5, 5.41) is 11.8. The number of halogens is 1. The van der Waals surface area contributed by atoms with Gasteiger partial charge in [-0.2, -0.15) is 0 Å². The van der Waals surface area contributed by atoms with Crippen LogP contribution in [-0.4, -0.2) is 57.8 Å². The molecule has 4 rings (SSSR count). The Labute approximate surface area is 192 Å². The van der Waals surface area contributed by atoms with Gasteiger partial charge in [0.15, 0.2) is 11.7 Å². The Kier molecular flexibility index (Phi) is 7.17. The highest BCUT2D eigenvalue weighted by Crippen LogP contribution is 2.24. The summed E-state index contributed by atoms with van der Waals surface area (Å²) in [5.41, 5.74) is 0.640. The molecule has 2 atom stereocenters. The zero-order valence-corrected chi connectivity index (χ0v) is 19.0. The number of aromatic nitrogens is 3. The Balaban J connectivity index is 1.47. The molecule has 33 heavy (non-hydrogen) atoms. The normalized spacial score (nSPS) is 19.8. The topological polar surface area (TPSA) is 89.3 Å². The van der Waals surface area contributed by atoms with Gasteiger partial charge in [-0.05, 0) is 24.0 Å². The first kappa shape index (κ1) is 23.1.